The second-order valence-electron chi connectivity index (χ2n) is 9.52. The highest BCUT2D eigenvalue weighted by atomic mass is 16.2. The first-order valence-electron chi connectivity index (χ1n) is 11.8. The zero-order valence-electron chi connectivity index (χ0n) is 18.1. The minimum absolute atomic E-state index is 0.0141. The highest BCUT2D eigenvalue weighted by molar-refractivity contribution is 6.15. The highest BCUT2D eigenvalue weighted by Crippen LogP contribution is 2.45. The van der Waals surface area contributed by atoms with Crippen molar-refractivity contribution in [3.05, 3.63) is 24.3 Å². The number of hydrogen-bond donors (Lipinski definition) is 1. The predicted molar refractivity (Wildman–Crippen MR) is 119 cm³/mol. The molecule has 0 bridgehead atoms. The van der Waals surface area contributed by atoms with Gasteiger partial charge in [-0.2, -0.15) is 0 Å². The van der Waals surface area contributed by atoms with Crippen LogP contribution in [0.4, 0.5) is 11.4 Å². The van der Waals surface area contributed by atoms with Crippen molar-refractivity contribution >= 4 is 29.1 Å². The summed E-state index contributed by atoms with van der Waals surface area (Å²) in [5.41, 5.74) is 0.764. The number of nitrogens with zero attached hydrogens (tertiary/aromatic N) is 3. The van der Waals surface area contributed by atoms with Crippen molar-refractivity contribution in [3.8, 4) is 0 Å². The lowest BCUT2D eigenvalue weighted by molar-refractivity contribution is -0.137. The van der Waals surface area contributed by atoms with Crippen LogP contribution in [0.5, 0.6) is 0 Å². The lowest BCUT2D eigenvalue weighted by Crippen LogP contribution is -2.62. The molecule has 3 amide bonds. The SMILES string of the molecule is O=C(C1CCCC1)N1CCN(CC(=O)N2c3ccccc3NC(=O)C23CCCC3)CC1. The molecule has 0 unspecified atom stereocenters. The maximum absolute atomic E-state index is 13.6. The van der Waals surface area contributed by atoms with Gasteiger partial charge in [0.05, 0.1) is 17.9 Å². The molecule has 0 radical (unpaired) electrons. The standard InChI is InChI=1S/C24H32N4O3/c29-21(17-26-13-15-27(16-14-26)22(30)18-7-1-2-8-18)28-20-10-4-3-9-19(20)25-23(31)24(28)11-5-6-12-24/h3-4,9-10,18H,1-2,5-8,11-17H2,(H,25,31). The normalized spacial score (nSPS) is 23.8. The van der Waals surface area contributed by atoms with Crippen LogP contribution in [0.15, 0.2) is 24.3 Å². The first-order chi connectivity index (χ1) is 15.1. The van der Waals surface area contributed by atoms with Gasteiger partial charge in [-0.25, -0.2) is 0 Å². The Morgan fingerprint density at radius 1 is 0.968 bits per heavy atom. The Morgan fingerprint density at radius 3 is 2.35 bits per heavy atom. The van der Waals surface area contributed by atoms with Gasteiger partial charge < -0.3 is 10.2 Å². The molecule has 2 aliphatic heterocycles. The number of para-hydroxylation sites is 2. The minimum Gasteiger partial charge on any atom is -0.340 e. The van der Waals surface area contributed by atoms with Crippen molar-refractivity contribution in [2.24, 2.45) is 5.92 Å². The third-order valence-corrected chi connectivity index (χ3v) is 7.67. The molecule has 7 nitrogen and oxygen atoms in total. The van der Waals surface area contributed by atoms with Gasteiger partial charge >= 0.3 is 0 Å². The van der Waals surface area contributed by atoms with E-state index in [1.807, 2.05) is 29.2 Å². The highest BCUT2D eigenvalue weighted by Gasteiger charge is 2.52. The van der Waals surface area contributed by atoms with Crippen LogP contribution in [0.25, 0.3) is 0 Å². The molecule has 5 rings (SSSR count). The van der Waals surface area contributed by atoms with Crippen molar-refractivity contribution in [3.63, 3.8) is 0 Å². The fourth-order valence-corrected chi connectivity index (χ4v) is 5.95. The molecule has 7 heteroatoms. The van der Waals surface area contributed by atoms with E-state index in [-0.39, 0.29) is 24.3 Å². The maximum atomic E-state index is 13.6. The number of benzene rings is 1. The predicted octanol–water partition coefficient (Wildman–Crippen LogP) is 2.62. The topological polar surface area (TPSA) is 73.0 Å². The zero-order valence-corrected chi connectivity index (χ0v) is 18.1. The Labute approximate surface area is 183 Å². The summed E-state index contributed by atoms with van der Waals surface area (Å²) < 4.78 is 0. The second-order valence-corrected chi connectivity index (χ2v) is 9.52. The molecule has 1 aromatic carbocycles. The summed E-state index contributed by atoms with van der Waals surface area (Å²) in [6.45, 7) is 3.07. The van der Waals surface area contributed by atoms with E-state index in [1.54, 1.807) is 4.90 Å². The number of piperazine rings is 1. The summed E-state index contributed by atoms with van der Waals surface area (Å²) in [7, 11) is 0. The summed E-state index contributed by atoms with van der Waals surface area (Å²) in [4.78, 5) is 45.3. The number of carbonyl (C=O) groups is 3. The first-order valence-corrected chi connectivity index (χ1v) is 11.8. The smallest absolute Gasteiger partial charge is 0.250 e. The average molecular weight is 425 g/mol. The number of hydrogen-bond acceptors (Lipinski definition) is 4. The fourth-order valence-electron chi connectivity index (χ4n) is 5.95. The summed E-state index contributed by atoms with van der Waals surface area (Å²) in [6, 6.07) is 7.61. The Bertz CT molecular complexity index is 865. The van der Waals surface area contributed by atoms with Crippen molar-refractivity contribution in [2.75, 3.05) is 42.9 Å². The molecule has 0 atom stereocenters. The molecule has 0 aromatic heterocycles. The van der Waals surface area contributed by atoms with Gasteiger partial charge in [0.25, 0.3) is 5.91 Å². The van der Waals surface area contributed by atoms with Gasteiger partial charge in [-0.1, -0.05) is 37.8 Å². The van der Waals surface area contributed by atoms with Crippen molar-refractivity contribution in [2.45, 2.75) is 56.9 Å². The van der Waals surface area contributed by atoms with Crippen LogP contribution in [0, 0.1) is 5.92 Å². The lowest BCUT2D eigenvalue weighted by atomic mass is 9.89. The van der Waals surface area contributed by atoms with E-state index in [0.29, 0.717) is 50.6 Å². The summed E-state index contributed by atoms with van der Waals surface area (Å²) >= 11 is 0. The number of amides is 3. The van der Waals surface area contributed by atoms with Crippen LogP contribution >= 0.6 is 0 Å². The fraction of sp³-hybridized carbons (Fsp3) is 0.625. The second kappa shape index (κ2) is 8.26. The third-order valence-electron chi connectivity index (χ3n) is 7.67. The lowest BCUT2D eigenvalue weighted by Gasteiger charge is -2.45. The molecule has 2 saturated carbocycles. The number of carbonyl (C=O) groups excluding carboxylic acids is 3. The van der Waals surface area contributed by atoms with Gasteiger partial charge in [-0.05, 0) is 37.8 Å². The van der Waals surface area contributed by atoms with Crippen LogP contribution in [0.1, 0.15) is 51.4 Å². The van der Waals surface area contributed by atoms with E-state index in [9.17, 15) is 14.4 Å². The third kappa shape index (κ3) is 3.63. The number of anilines is 2. The molecule has 31 heavy (non-hydrogen) atoms. The van der Waals surface area contributed by atoms with Crippen LogP contribution in [0.3, 0.4) is 0 Å². The molecule has 2 heterocycles. The van der Waals surface area contributed by atoms with E-state index in [2.05, 4.69) is 10.2 Å². The Kier molecular flexibility index (Phi) is 5.46. The first kappa shape index (κ1) is 20.5. The molecular weight excluding hydrogens is 392 g/mol. The number of fused-ring (bicyclic) bond motifs is 1. The van der Waals surface area contributed by atoms with E-state index in [4.69, 9.17) is 0 Å². The van der Waals surface area contributed by atoms with Crippen molar-refractivity contribution < 1.29 is 14.4 Å². The van der Waals surface area contributed by atoms with Crippen LogP contribution in [0.2, 0.25) is 0 Å². The quantitative estimate of drug-likeness (QED) is 0.810. The molecule has 2 aliphatic carbocycles. The largest absolute Gasteiger partial charge is 0.340 e. The monoisotopic (exact) mass is 424 g/mol. The summed E-state index contributed by atoms with van der Waals surface area (Å²) in [6.07, 6.45) is 7.72. The Morgan fingerprint density at radius 2 is 1.65 bits per heavy atom. The number of rotatable bonds is 3. The van der Waals surface area contributed by atoms with Gasteiger partial charge in [-0.3, -0.25) is 24.2 Å². The maximum Gasteiger partial charge on any atom is 0.250 e. The van der Waals surface area contributed by atoms with E-state index in [0.717, 1.165) is 44.2 Å². The van der Waals surface area contributed by atoms with E-state index in [1.165, 1.54) is 0 Å². The summed E-state index contributed by atoms with van der Waals surface area (Å²) in [5, 5.41) is 3.04. The van der Waals surface area contributed by atoms with Gasteiger partial charge in [0.2, 0.25) is 11.8 Å². The van der Waals surface area contributed by atoms with Gasteiger partial charge in [0, 0.05) is 32.1 Å². The summed E-state index contributed by atoms with van der Waals surface area (Å²) in [5.74, 6) is 0.442. The zero-order chi connectivity index (χ0) is 21.4. The van der Waals surface area contributed by atoms with Crippen molar-refractivity contribution in [1.82, 2.24) is 9.80 Å². The van der Waals surface area contributed by atoms with Crippen LogP contribution in [-0.4, -0.2) is 65.8 Å². The van der Waals surface area contributed by atoms with Gasteiger partial charge in [-0.15, -0.1) is 0 Å². The molecular formula is C24H32N4O3. The Balaban J connectivity index is 1.28. The van der Waals surface area contributed by atoms with Crippen molar-refractivity contribution in [1.29, 1.82) is 0 Å². The molecule has 3 fully saturated rings. The molecule has 1 spiro atoms. The van der Waals surface area contributed by atoms with Gasteiger partial charge in [0.15, 0.2) is 0 Å². The van der Waals surface area contributed by atoms with E-state index >= 15 is 0 Å². The van der Waals surface area contributed by atoms with Crippen LogP contribution < -0.4 is 10.2 Å². The van der Waals surface area contributed by atoms with E-state index < -0.39 is 5.54 Å². The number of nitrogens with one attached hydrogen (secondary N) is 1. The Hall–Kier alpha value is -2.41. The molecule has 1 saturated heterocycles. The minimum atomic E-state index is -0.758. The molecule has 4 aliphatic rings. The molecule has 1 N–H and O–H groups in total. The van der Waals surface area contributed by atoms with Crippen LogP contribution in [-0.2, 0) is 14.4 Å². The average Bonchev–Trinajstić information content (AvgIpc) is 3.48. The molecule has 1 aromatic rings. The van der Waals surface area contributed by atoms with Gasteiger partial charge in [0.1, 0.15) is 5.54 Å². The molecule has 166 valence electrons.